The zero-order valence-electron chi connectivity index (χ0n) is 15.0. The van der Waals surface area contributed by atoms with Crippen LogP contribution in [0.4, 0.5) is 4.79 Å². The van der Waals surface area contributed by atoms with Gasteiger partial charge in [0.1, 0.15) is 30.3 Å². The van der Waals surface area contributed by atoms with Gasteiger partial charge in [0.25, 0.3) is 0 Å². The van der Waals surface area contributed by atoms with E-state index in [4.69, 9.17) is 14.2 Å². The Labute approximate surface area is 148 Å². The Balaban J connectivity index is 1.67. The second-order valence-corrected chi connectivity index (χ2v) is 6.52. The molecule has 0 aliphatic rings. The Morgan fingerprint density at radius 2 is 1.52 bits per heavy atom. The predicted octanol–water partition coefficient (Wildman–Crippen LogP) is 4.17. The van der Waals surface area contributed by atoms with Crippen LogP contribution in [0.5, 0.6) is 11.5 Å². The zero-order chi connectivity index (χ0) is 18.1. The van der Waals surface area contributed by atoms with Gasteiger partial charge in [-0.05, 0) is 50.6 Å². The number of carbonyl (C=O) groups is 1. The van der Waals surface area contributed by atoms with E-state index >= 15 is 0 Å². The molecule has 1 amide bonds. The highest BCUT2D eigenvalue weighted by atomic mass is 16.6. The molecule has 0 unspecified atom stereocenters. The van der Waals surface area contributed by atoms with Crippen LogP contribution in [0.15, 0.2) is 54.6 Å². The fourth-order valence-corrected chi connectivity index (χ4v) is 2.01. The maximum Gasteiger partial charge on any atom is 0.407 e. The summed E-state index contributed by atoms with van der Waals surface area (Å²) >= 11 is 0. The maximum absolute atomic E-state index is 11.5. The summed E-state index contributed by atoms with van der Waals surface area (Å²) in [5, 5.41) is 2.65. The van der Waals surface area contributed by atoms with Crippen molar-refractivity contribution in [3.63, 3.8) is 0 Å². The van der Waals surface area contributed by atoms with Gasteiger partial charge in [-0.15, -0.1) is 0 Å². The Morgan fingerprint density at radius 3 is 2.12 bits per heavy atom. The first kappa shape index (κ1) is 18.6. The van der Waals surface area contributed by atoms with Crippen molar-refractivity contribution in [3.05, 3.63) is 60.2 Å². The second-order valence-electron chi connectivity index (χ2n) is 6.52. The van der Waals surface area contributed by atoms with Crippen molar-refractivity contribution in [2.24, 2.45) is 0 Å². The monoisotopic (exact) mass is 343 g/mol. The third-order valence-electron chi connectivity index (χ3n) is 3.11. The number of hydrogen-bond acceptors (Lipinski definition) is 4. The number of hydrogen-bond donors (Lipinski definition) is 1. The standard InChI is InChI=1S/C20H25NO4/c1-20(2,3)25-19(22)21-13-14-23-17-9-11-18(12-10-17)24-15-16-7-5-4-6-8-16/h4-12H,13-15H2,1-3H3,(H,21,22). The van der Waals surface area contributed by atoms with Crippen molar-refractivity contribution < 1.29 is 19.0 Å². The van der Waals surface area contributed by atoms with Gasteiger partial charge in [-0.2, -0.15) is 0 Å². The van der Waals surface area contributed by atoms with Gasteiger partial charge < -0.3 is 19.5 Å². The quantitative estimate of drug-likeness (QED) is 0.767. The van der Waals surface area contributed by atoms with Gasteiger partial charge in [-0.1, -0.05) is 30.3 Å². The molecule has 0 aliphatic heterocycles. The molecular formula is C20H25NO4. The Hall–Kier alpha value is -2.69. The summed E-state index contributed by atoms with van der Waals surface area (Å²) in [4.78, 5) is 11.5. The van der Waals surface area contributed by atoms with Crippen LogP contribution in [0.2, 0.25) is 0 Å². The number of nitrogens with one attached hydrogen (secondary N) is 1. The molecule has 2 aromatic carbocycles. The number of alkyl carbamates (subject to hydrolysis) is 1. The lowest BCUT2D eigenvalue weighted by molar-refractivity contribution is 0.0520. The van der Waals surface area contributed by atoms with Crippen LogP contribution < -0.4 is 14.8 Å². The molecule has 0 radical (unpaired) electrons. The van der Waals surface area contributed by atoms with Gasteiger partial charge in [0.15, 0.2) is 0 Å². The van der Waals surface area contributed by atoms with Crippen LogP contribution in [0.25, 0.3) is 0 Å². The second kappa shape index (κ2) is 8.97. The molecule has 5 heteroatoms. The highest BCUT2D eigenvalue weighted by molar-refractivity contribution is 5.67. The lowest BCUT2D eigenvalue weighted by Gasteiger charge is -2.19. The Kier molecular flexibility index (Phi) is 6.69. The molecule has 0 saturated carbocycles. The maximum atomic E-state index is 11.5. The number of carbonyl (C=O) groups excluding carboxylic acids is 1. The van der Waals surface area contributed by atoms with E-state index in [2.05, 4.69) is 5.32 Å². The molecule has 134 valence electrons. The van der Waals surface area contributed by atoms with E-state index in [1.54, 1.807) is 0 Å². The molecular weight excluding hydrogens is 318 g/mol. The van der Waals surface area contributed by atoms with Gasteiger partial charge in [-0.3, -0.25) is 0 Å². The average Bonchev–Trinajstić information content (AvgIpc) is 2.57. The van der Waals surface area contributed by atoms with Crippen molar-refractivity contribution >= 4 is 6.09 Å². The first-order chi connectivity index (χ1) is 11.9. The van der Waals surface area contributed by atoms with Crippen molar-refractivity contribution in [3.8, 4) is 11.5 Å². The minimum Gasteiger partial charge on any atom is -0.492 e. The van der Waals surface area contributed by atoms with E-state index in [0.717, 1.165) is 17.1 Å². The third kappa shape index (κ3) is 7.61. The molecule has 0 fully saturated rings. The van der Waals surface area contributed by atoms with Crippen LogP contribution in [0.1, 0.15) is 26.3 Å². The molecule has 0 heterocycles. The predicted molar refractivity (Wildman–Crippen MR) is 96.9 cm³/mol. The van der Waals surface area contributed by atoms with Gasteiger partial charge in [-0.25, -0.2) is 4.79 Å². The molecule has 0 spiro atoms. The van der Waals surface area contributed by atoms with Crippen LogP contribution in [0.3, 0.4) is 0 Å². The fourth-order valence-electron chi connectivity index (χ4n) is 2.01. The average molecular weight is 343 g/mol. The molecule has 2 rings (SSSR count). The number of rotatable bonds is 7. The zero-order valence-corrected chi connectivity index (χ0v) is 15.0. The Bertz CT molecular complexity index is 648. The van der Waals surface area contributed by atoms with Crippen molar-refractivity contribution in [1.82, 2.24) is 5.32 Å². The normalized spacial score (nSPS) is 10.8. The van der Waals surface area contributed by atoms with Crippen LogP contribution in [-0.4, -0.2) is 24.8 Å². The van der Waals surface area contributed by atoms with E-state index in [1.807, 2.05) is 75.4 Å². The molecule has 2 aromatic rings. The minimum absolute atomic E-state index is 0.365. The van der Waals surface area contributed by atoms with Crippen LogP contribution in [0, 0.1) is 0 Å². The number of amides is 1. The molecule has 0 aliphatic carbocycles. The first-order valence-corrected chi connectivity index (χ1v) is 8.29. The van der Waals surface area contributed by atoms with E-state index in [9.17, 15) is 4.79 Å². The Morgan fingerprint density at radius 1 is 0.920 bits per heavy atom. The molecule has 5 nitrogen and oxygen atoms in total. The first-order valence-electron chi connectivity index (χ1n) is 8.29. The highest BCUT2D eigenvalue weighted by Crippen LogP contribution is 2.18. The molecule has 0 aromatic heterocycles. The summed E-state index contributed by atoms with van der Waals surface area (Å²) in [7, 11) is 0. The lowest BCUT2D eigenvalue weighted by atomic mass is 10.2. The van der Waals surface area contributed by atoms with Crippen LogP contribution >= 0.6 is 0 Å². The smallest absolute Gasteiger partial charge is 0.407 e. The van der Waals surface area contributed by atoms with Crippen molar-refractivity contribution in [2.45, 2.75) is 33.0 Å². The van der Waals surface area contributed by atoms with Gasteiger partial charge in [0.2, 0.25) is 0 Å². The largest absolute Gasteiger partial charge is 0.492 e. The minimum atomic E-state index is -0.499. The molecule has 0 atom stereocenters. The summed E-state index contributed by atoms with van der Waals surface area (Å²) in [5.41, 5.74) is 0.622. The van der Waals surface area contributed by atoms with Crippen molar-refractivity contribution in [2.75, 3.05) is 13.2 Å². The topological polar surface area (TPSA) is 56.8 Å². The molecule has 0 saturated heterocycles. The van der Waals surface area contributed by atoms with Gasteiger partial charge in [0, 0.05) is 0 Å². The molecule has 1 N–H and O–H groups in total. The number of ether oxygens (including phenoxy) is 3. The summed E-state index contributed by atoms with van der Waals surface area (Å²) in [6.07, 6.45) is -0.444. The van der Waals surface area contributed by atoms with E-state index in [-0.39, 0.29) is 0 Å². The summed E-state index contributed by atoms with van der Waals surface area (Å²) in [6, 6.07) is 17.4. The van der Waals surface area contributed by atoms with Gasteiger partial charge in [0.05, 0.1) is 6.54 Å². The van der Waals surface area contributed by atoms with E-state index < -0.39 is 11.7 Å². The van der Waals surface area contributed by atoms with E-state index in [0.29, 0.717) is 19.8 Å². The van der Waals surface area contributed by atoms with Crippen molar-refractivity contribution in [1.29, 1.82) is 0 Å². The fraction of sp³-hybridized carbons (Fsp3) is 0.350. The molecule has 25 heavy (non-hydrogen) atoms. The summed E-state index contributed by atoms with van der Waals surface area (Å²) < 4.78 is 16.4. The number of benzene rings is 2. The van der Waals surface area contributed by atoms with Crippen LogP contribution in [-0.2, 0) is 11.3 Å². The molecule has 0 bridgehead atoms. The summed E-state index contributed by atoms with van der Waals surface area (Å²) in [5.74, 6) is 1.50. The SMILES string of the molecule is CC(C)(C)OC(=O)NCCOc1ccc(OCc2ccccc2)cc1. The van der Waals surface area contributed by atoms with E-state index in [1.165, 1.54) is 0 Å². The lowest BCUT2D eigenvalue weighted by Crippen LogP contribution is -2.34. The highest BCUT2D eigenvalue weighted by Gasteiger charge is 2.15. The van der Waals surface area contributed by atoms with Gasteiger partial charge >= 0.3 is 6.09 Å². The third-order valence-corrected chi connectivity index (χ3v) is 3.11. The summed E-state index contributed by atoms with van der Waals surface area (Å²) in [6.45, 7) is 6.74.